The summed E-state index contributed by atoms with van der Waals surface area (Å²) < 4.78 is 1.46. The van der Waals surface area contributed by atoms with Crippen molar-refractivity contribution >= 4 is 28.4 Å². The number of nitrogens with zero attached hydrogens (tertiary/aromatic N) is 2. The maximum Gasteiger partial charge on any atom is 0.270 e. The number of aromatic nitrogens is 2. The number of hydrogen-bond acceptors (Lipinski definition) is 2. The predicted octanol–water partition coefficient (Wildman–Crippen LogP) is 3.12. The Morgan fingerprint density at radius 1 is 1.31 bits per heavy atom. The van der Waals surface area contributed by atoms with Crippen LogP contribution in [0, 0.1) is 0 Å². The van der Waals surface area contributed by atoms with E-state index < -0.39 is 5.24 Å². The summed E-state index contributed by atoms with van der Waals surface area (Å²) in [5.41, 5.74) is 1.96. The van der Waals surface area contributed by atoms with E-state index in [9.17, 15) is 4.79 Å². The number of benzene rings is 1. The highest BCUT2D eigenvalue weighted by molar-refractivity contribution is 6.67. The van der Waals surface area contributed by atoms with Gasteiger partial charge in [0.1, 0.15) is 5.69 Å². The number of aryl methyl sites for hydroxylation is 1. The van der Waals surface area contributed by atoms with Gasteiger partial charge in [-0.2, -0.15) is 5.10 Å². The molecule has 0 N–H and O–H groups in total. The van der Waals surface area contributed by atoms with Crippen LogP contribution in [0.1, 0.15) is 10.5 Å². The van der Waals surface area contributed by atoms with E-state index in [0.29, 0.717) is 16.4 Å². The van der Waals surface area contributed by atoms with Crippen LogP contribution in [0.25, 0.3) is 11.3 Å². The number of carbonyl (C=O) groups excluding carboxylic acids is 1. The Morgan fingerprint density at radius 3 is 2.44 bits per heavy atom. The first-order chi connectivity index (χ1) is 7.58. The third-order valence-corrected chi connectivity index (χ3v) is 2.67. The van der Waals surface area contributed by atoms with Crippen LogP contribution in [0.3, 0.4) is 0 Å². The molecule has 1 aromatic heterocycles. The molecule has 1 aromatic carbocycles. The first-order valence-corrected chi connectivity index (χ1v) is 5.33. The molecular formula is C11H8Cl2N2O. The summed E-state index contributed by atoms with van der Waals surface area (Å²) in [6.45, 7) is 0. The summed E-state index contributed by atoms with van der Waals surface area (Å²) >= 11 is 11.2. The van der Waals surface area contributed by atoms with E-state index in [1.54, 1.807) is 25.2 Å². The zero-order valence-electron chi connectivity index (χ0n) is 8.45. The number of rotatable bonds is 2. The van der Waals surface area contributed by atoms with Gasteiger partial charge in [-0.1, -0.05) is 23.7 Å². The monoisotopic (exact) mass is 254 g/mol. The molecule has 0 atom stereocenters. The highest BCUT2D eigenvalue weighted by Gasteiger charge is 2.11. The van der Waals surface area contributed by atoms with Crippen molar-refractivity contribution in [3.63, 3.8) is 0 Å². The maximum absolute atomic E-state index is 11.0. The number of carbonyl (C=O) groups is 1. The van der Waals surface area contributed by atoms with Crippen LogP contribution in [0.15, 0.2) is 30.3 Å². The van der Waals surface area contributed by atoms with Gasteiger partial charge in [0, 0.05) is 17.6 Å². The summed E-state index contributed by atoms with van der Waals surface area (Å²) in [5.74, 6) is 0. The number of halogens is 2. The summed E-state index contributed by atoms with van der Waals surface area (Å²) in [6.07, 6.45) is 0. The quantitative estimate of drug-likeness (QED) is 0.773. The van der Waals surface area contributed by atoms with E-state index >= 15 is 0 Å². The van der Waals surface area contributed by atoms with Crippen LogP contribution in [0.4, 0.5) is 0 Å². The van der Waals surface area contributed by atoms with Gasteiger partial charge in [0.05, 0.1) is 5.69 Å². The Balaban J connectivity index is 2.45. The molecule has 0 bridgehead atoms. The second-order valence-corrected chi connectivity index (χ2v) is 4.10. The molecule has 0 aliphatic rings. The molecule has 0 spiro atoms. The molecule has 0 amide bonds. The molecule has 0 fully saturated rings. The molecule has 0 radical (unpaired) electrons. The normalized spacial score (nSPS) is 10.4. The fourth-order valence-corrected chi connectivity index (χ4v) is 1.72. The lowest BCUT2D eigenvalue weighted by Gasteiger charge is -1.95. The number of hydrogen-bond donors (Lipinski definition) is 0. The molecule has 0 unspecified atom stereocenters. The Hall–Kier alpha value is -1.32. The van der Waals surface area contributed by atoms with Crippen LogP contribution < -0.4 is 0 Å². The minimum Gasteiger partial charge on any atom is -0.274 e. The average molecular weight is 255 g/mol. The zero-order valence-corrected chi connectivity index (χ0v) is 9.96. The van der Waals surface area contributed by atoms with Gasteiger partial charge in [0.25, 0.3) is 5.24 Å². The van der Waals surface area contributed by atoms with Crippen LogP contribution in [0.5, 0.6) is 0 Å². The molecule has 5 heteroatoms. The summed E-state index contributed by atoms with van der Waals surface area (Å²) in [5, 5.41) is 4.34. The van der Waals surface area contributed by atoms with Gasteiger partial charge >= 0.3 is 0 Å². The van der Waals surface area contributed by atoms with Crippen molar-refractivity contribution in [1.29, 1.82) is 0 Å². The summed E-state index contributed by atoms with van der Waals surface area (Å²) in [4.78, 5) is 11.0. The third kappa shape index (κ3) is 2.10. The Morgan fingerprint density at radius 2 is 1.94 bits per heavy atom. The smallest absolute Gasteiger partial charge is 0.270 e. The Bertz CT molecular complexity index is 531. The van der Waals surface area contributed by atoms with E-state index in [1.807, 2.05) is 12.1 Å². The molecule has 1 heterocycles. The van der Waals surface area contributed by atoms with E-state index in [-0.39, 0.29) is 0 Å². The van der Waals surface area contributed by atoms with Crippen molar-refractivity contribution in [2.75, 3.05) is 0 Å². The molecule has 16 heavy (non-hydrogen) atoms. The molecular weight excluding hydrogens is 247 g/mol. The second kappa shape index (κ2) is 4.28. The largest absolute Gasteiger partial charge is 0.274 e. The zero-order chi connectivity index (χ0) is 11.7. The first-order valence-electron chi connectivity index (χ1n) is 4.58. The first kappa shape index (κ1) is 11.2. The summed E-state index contributed by atoms with van der Waals surface area (Å²) in [6, 6.07) is 8.88. The molecule has 0 saturated carbocycles. The standard InChI is InChI=1S/C11H8Cl2N2O/c1-15-10(11(13)16)6-9(14-15)7-2-4-8(12)5-3-7/h2-6H,1H3. The summed E-state index contributed by atoms with van der Waals surface area (Å²) in [7, 11) is 1.68. The van der Waals surface area contributed by atoms with Crippen LogP contribution in [0.2, 0.25) is 5.02 Å². The molecule has 2 rings (SSSR count). The van der Waals surface area contributed by atoms with Crippen molar-refractivity contribution in [2.24, 2.45) is 7.05 Å². The Kier molecular flexibility index (Phi) is 2.99. The Labute approximate surface area is 103 Å². The molecule has 3 nitrogen and oxygen atoms in total. The van der Waals surface area contributed by atoms with E-state index in [1.165, 1.54) is 4.68 Å². The van der Waals surface area contributed by atoms with E-state index in [4.69, 9.17) is 23.2 Å². The van der Waals surface area contributed by atoms with Crippen molar-refractivity contribution < 1.29 is 4.79 Å². The van der Waals surface area contributed by atoms with Crippen molar-refractivity contribution in [2.45, 2.75) is 0 Å². The molecule has 0 aliphatic carbocycles. The predicted molar refractivity (Wildman–Crippen MR) is 63.8 cm³/mol. The minimum atomic E-state index is -0.518. The average Bonchev–Trinajstić information content (AvgIpc) is 2.61. The lowest BCUT2D eigenvalue weighted by atomic mass is 10.1. The fraction of sp³-hybridized carbons (Fsp3) is 0.0909. The van der Waals surface area contributed by atoms with Gasteiger partial charge in [-0.3, -0.25) is 9.48 Å². The lowest BCUT2D eigenvalue weighted by Crippen LogP contribution is -2.00. The molecule has 0 saturated heterocycles. The van der Waals surface area contributed by atoms with Crippen LogP contribution >= 0.6 is 23.2 Å². The van der Waals surface area contributed by atoms with E-state index in [0.717, 1.165) is 5.56 Å². The van der Waals surface area contributed by atoms with Gasteiger partial charge in [-0.25, -0.2) is 0 Å². The van der Waals surface area contributed by atoms with Gasteiger partial charge in [-0.15, -0.1) is 0 Å². The van der Waals surface area contributed by atoms with Gasteiger partial charge < -0.3 is 0 Å². The minimum absolute atomic E-state index is 0.367. The lowest BCUT2D eigenvalue weighted by molar-refractivity contribution is 0.107. The van der Waals surface area contributed by atoms with Crippen molar-refractivity contribution in [3.05, 3.63) is 41.0 Å². The van der Waals surface area contributed by atoms with Crippen molar-refractivity contribution in [1.82, 2.24) is 9.78 Å². The molecule has 2 aromatic rings. The highest BCUT2D eigenvalue weighted by Crippen LogP contribution is 2.21. The van der Waals surface area contributed by atoms with Crippen molar-refractivity contribution in [3.8, 4) is 11.3 Å². The van der Waals surface area contributed by atoms with E-state index in [2.05, 4.69) is 5.10 Å². The topological polar surface area (TPSA) is 34.9 Å². The third-order valence-electron chi connectivity index (χ3n) is 2.22. The van der Waals surface area contributed by atoms with Gasteiger partial charge in [0.15, 0.2) is 0 Å². The second-order valence-electron chi connectivity index (χ2n) is 3.32. The highest BCUT2D eigenvalue weighted by atomic mass is 35.5. The van der Waals surface area contributed by atoms with Crippen LogP contribution in [-0.2, 0) is 7.05 Å². The van der Waals surface area contributed by atoms with Crippen LogP contribution in [-0.4, -0.2) is 15.0 Å². The van der Waals surface area contributed by atoms with Gasteiger partial charge in [-0.05, 0) is 29.8 Å². The maximum atomic E-state index is 11.0. The fourth-order valence-electron chi connectivity index (χ4n) is 1.41. The molecule has 82 valence electrons. The molecule has 0 aliphatic heterocycles. The van der Waals surface area contributed by atoms with Gasteiger partial charge in [0.2, 0.25) is 0 Å². The SMILES string of the molecule is Cn1nc(-c2ccc(Cl)cc2)cc1C(=O)Cl.